The molecule has 1 heterocycles. The predicted octanol–water partition coefficient (Wildman–Crippen LogP) is 1.75. The van der Waals surface area contributed by atoms with Crippen LogP contribution in [0.5, 0.6) is 5.75 Å². The van der Waals surface area contributed by atoms with E-state index >= 15 is 0 Å². The molecule has 1 saturated heterocycles. The van der Waals surface area contributed by atoms with E-state index in [0.29, 0.717) is 34.7 Å². The Kier molecular flexibility index (Phi) is 6.65. The summed E-state index contributed by atoms with van der Waals surface area (Å²) in [6, 6.07) is 3.14. The molecule has 0 saturated carbocycles. The first-order valence-electron chi connectivity index (χ1n) is 8.76. The summed E-state index contributed by atoms with van der Waals surface area (Å²) in [7, 11) is -2.13. The van der Waals surface area contributed by atoms with Crippen molar-refractivity contribution < 1.29 is 22.7 Å². The number of amides is 1. The first-order valence-corrected chi connectivity index (χ1v) is 10.2. The molecule has 1 aliphatic rings. The van der Waals surface area contributed by atoms with Crippen LogP contribution < -0.4 is 10.5 Å². The smallest absolute Gasteiger partial charge is 0.246 e. The van der Waals surface area contributed by atoms with Crippen LogP contribution in [0.1, 0.15) is 37.3 Å². The van der Waals surface area contributed by atoms with Crippen molar-refractivity contribution in [2.75, 3.05) is 20.3 Å². The largest absolute Gasteiger partial charge is 0.497 e. The zero-order valence-electron chi connectivity index (χ0n) is 15.8. The van der Waals surface area contributed by atoms with Gasteiger partial charge in [-0.1, -0.05) is 6.42 Å². The first-order chi connectivity index (χ1) is 12.2. The Morgan fingerprint density at radius 3 is 2.46 bits per heavy atom. The van der Waals surface area contributed by atoms with E-state index in [2.05, 4.69) is 0 Å². The molecule has 1 aromatic rings. The molecule has 2 atom stereocenters. The number of sulfonamides is 1. The lowest BCUT2D eigenvalue weighted by Gasteiger charge is -2.35. The summed E-state index contributed by atoms with van der Waals surface area (Å²) < 4.78 is 38.9. The number of piperidine rings is 1. The van der Waals surface area contributed by atoms with Crippen LogP contribution >= 0.6 is 0 Å². The quantitative estimate of drug-likeness (QED) is 0.772. The molecule has 1 amide bonds. The summed E-state index contributed by atoms with van der Waals surface area (Å²) in [4.78, 5) is 11.5. The maximum Gasteiger partial charge on any atom is 0.246 e. The Morgan fingerprint density at radius 2 is 1.92 bits per heavy atom. The van der Waals surface area contributed by atoms with Gasteiger partial charge in [-0.3, -0.25) is 4.79 Å². The number of hydrogen-bond donors (Lipinski definition) is 1. The molecule has 146 valence electrons. The van der Waals surface area contributed by atoms with E-state index in [-0.39, 0.29) is 12.6 Å². The summed E-state index contributed by atoms with van der Waals surface area (Å²) in [5, 5.41) is 0. The average molecular weight is 384 g/mol. The fraction of sp³-hybridized carbons (Fsp3) is 0.611. The van der Waals surface area contributed by atoms with E-state index in [1.165, 1.54) is 4.31 Å². The number of methoxy groups -OCH3 is 1. The van der Waals surface area contributed by atoms with Crippen LogP contribution in [0.25, 0.3) is 0 Å². The van der Waals surface area contributed by atoms with Crippen molar-refractivity contribution in [1.29, 1.82) is 0 Å². The van der Waals surface area contributed by atoms with Crippen LogP contribution in [0.15, 0.2) is 17.0 Å². The van der Waals surface area contributed by atoms with E-state index in [1.807, 2.05) is 0 Å². The zero-order valence-corrected chi connectivity index (χ0v) is 16.6. The van der Waals surface area contributed by atoms with Gasteiger partial charge < -0.3 is 15.2 Å². The molecule has 7 nitrogen and oxygen atoms in total. The lowest BCUT2D eigenvalue weighted by molar-refractivity contribution is -0.129. The Labute approximate surface area is 155 Å². The summed E-state index contributed by atoms with van der Waals surface area (Å²) in [5.74, 6) is 0.0739. The van der Waals surface area contributed by atoms with Gasteiger partial charge in [-0.15, -0.1) is 0 Å². The third-order valence-corrected chi connectivity index (χ3v) is 7.01. The van der Waals surface area contributed by atoms with Crippen molar-refractivity contribution in [1.82, 2.24) is 4.31 Å². The maximum atomic E-state index is 13.4. The topological polar surface area (TPSA) is 98.9 Å². The van der Waals surface area contributed by atoms with Gasteiger partial charge in [0.2, 0.25) is 15.9 Å². The second-order valence-corrected chi connectivity index (χ2v) is 8.56. The minimum atomic E-state index is -3.68. The highest BCUT2D eigenvalue weighted by atomic mass is 32.2. The van der Waals surface area contributed by atoms with Crippen LogP contribution in [0, 0.1) is 13.8 Å². The number of nitrogens with zero attached hydrogens (tertiary/aromatic N) is 1. The van der Waals surface area contributed by atoms with Crippen LogP contribution in [0.4, 0.5) is 0 Å². The van der Waals surface area contributed by atoms with E-state index in [1.54, 1.807) is 40.0 Å². The molecule has 2 unspecified atom stereocenters. The molecular weight excluding hydrogens is 356 g/mol. The van der Waals surface area contributed by atoms with Crippen molar-refractivity contribution >= 4 is 15.9 Å². The van der Waals surface area contributed by atoms with Gasteiger partial charge in [0.25, 0.3) is 0 Å². The van der Waals surface area contributed by atoms with Crippen molar-refractivity contribution in [3.8, 4) is 5.75 Å². The van der Waals surface area contributed by atoms with Crippen LogP contribution in [0.3, 0.4) is 0 Å². The Balaban J connectivity index is 2.32. The maximum absolute atomic E-state index is 13.4. The standard InChI is InChI=1S/C18H28N2O5S/c1-12-9-16(24-4)10-13(2)17(12)26(22,23)20-8-6-5-7-15(20)11-25-14(3)18(19)21/h9-10,14-15H,5-8,11H2,1-4H3,(H2,19,21). The van der Waals surface area contributed by atoms with Crippen molar-refractivity contribution in [2.45, 2.75) is 57.1 Å². The molecule has 0 bridgehead atoms. The van der Waals surface area contributed by atoms with Gasteiger partial charge in [-0.2, -0.15) is 4.31 Å². The third-order valence-electron chi connectivity index (χ3n) is 4.75. The monoisotopic (exact) mass is 384 g/mol. The summed E-state index contributed by atoms with van der Waals surface area (Å²) in [5.41, 5.74) is 6.52. The fourth-order valence-electron chi connectivity index (χ4n) is 3.35. The summed E-state index contributed by atoms with van der Waals surface area (Å²) in [6.45, 7) is 5.70. The Hall–Kier alpha value is -1.64. The van der Waals surface area contributed by atoms with Gasteiger partial charge in [0.15, 0.2) is 0 Å². The molecule has 8 heteroatoms. The number of carbonyl (C=O) groups excluding carboxylic acids is 1. The van der Waals surface area contributed by atoms with Gasteiger partial charge in [0, 0.05) is 12.6 Å². The van der Waals surface area contributed by atoms with E-state index in [9.17, 15) is 13.2 Å². The molecule has 2 N–H and O–H groups in total. The van der Waals surface area contributed by atoms with E-state index < -0.39 is 22.0 Å². The molecule has 0 aromatic heterocycles. The number of benzene rings is 1. The Bertz CT molecular complexity index is 740. The first kappa shape index (κ1) is 20.7. The number of ether oxygens (including phenoxy) is 2. The fourth-order valence-corrected chi connectivity index (χ4v) is 5.44. The zero-order chi connectivity index (χ0) is 19.5. The lowest BCUT2D eigenvalue weighted by Crippen LogP contribution is -2.47. The molecule has 0 spiro atoms. The number of aryl methyl sites for hydroxylation is 2. The van der Waals surface area contributed by atoms with Crippen LogP contribution in [-0.4, -0.2) is 51.0 Å². The number of carbonyl (C=O) groups is 1. The number of rotatable bonds is 7. The third kappa shape index (κ3) is 4.36. The van der Waals surface area contributed by atoms with Gasteiger partial charge in [0.05, 0.1) is 18.6 Å². The van der Waals surface area contributed by atoms with Gasteiger partial charge in [-0.05, 0) is 56.9 Å². The molecule has 26 heavy (non-hydrogen) atoms. The minimum Gasteiger partial charge on any atom is -0.497 e. The predicted molar refractivity (Wildman–Crippen MR) is 98.6 cm³/mol. The summed E-state index contributed by atoms with van der Waals surface area (Å²) >= 11 is 0. The SMILES string of the molecule is COc1cc(C)c(S(=O)(=O)N2CCCCC2COC(C)C(N)=O)c(C)c1. The molecule has 1 fully saturated rings. The molecule has 0 radical (unpaired) electrons. The Morgan fingerprint density at radius 1 is 1.31 bits per heavy atom. The van der Waals surface area contributed by atoms with Crippen molar-refractivity contribution in [3.05, 3.63) is 23.3 Å². The number of hydrogen-bond acceptors (Lipinski definition) is 5. The molecule has 1 aliphatic heterocycles. The second-order valence-electron chi connectivity index (χ2n) is 6.73. The molecular formula is C18H28N2O5S. The van der Waals surface area contributed by atoms with Gasteiger partial charge >= 0.3 is 0 Å². The number of primary amides is 1. The minimum absolute atomic E-state index is 0.150. The molecule has 2 rings (SSSR count). The molecule has 0 aliphatic carbocycles. The highest BCUT2D eigenvalue weighted by Crippen LogP contribution is 2.32. The lowest BCUT2D eigenvalue weighted by atomic mass is 10.1. The van der Waals surface area contributed by atoms with Gasteiger partial charge in [-0.25, -0.2) is 8.42 Å². The van der Waals surface area contributed by atoms with Crippen LogP contribution in [0.2, 0.25) is 0 Å². The highest BCUT2D eigenvalue weighted by molar-refractivity contribution is 7.89. The van der Waals surface area contributed by atoms with Crippen LogP contribution in [-0.2, 0) is 19.6 Å². The van der Waals surface area contributed by atoms with Gasteiger partial charge in [0.1, 0.15) is 11.9 Å². The van der Waals surface area contributed by atoms with Crippen molar-refractivity contribution in [2.24, 2.45) is 5.73 Å². The normalized spacial score (nSPS) is 19.9. The second kappa shape index (κ2) is 8.37. The van der Waals surface area contributed by atoms with Crippen molar-refractivity contribution in [3.63, 3.8) is 0 Å². The summed E-state index contributed by atoms with van der Waals surface area (Å²) in [6.07, 6.45) is 1.67. The van der Waals surface area contributed by atoms with E-state index in [0.717, 1.165) is 12.8 Å². The van der Waals surface area contributed by atoms with E-state index in [4.69, 9.17) is 15.2 Å². The average Bonchev–Trinajstić information content (AvgIpc) is 2.58. The highest BCUT2D eigenvalue weighted by Gasteiger charge is 2.36. The molecule has 1 aromatic carbocycles. The number of nitrogens with two attached hydrogens (primary N) is 1.